The third kappa shape index (κ3) is 9.83. The second kappa shape index (κ2) is 16.1. The molecular formula is C32H48N4O7S. The van der Waals surface area contributed by atoms with Gasteiger partial charge in [0.2, 0.25) is 0 Å². The Morgan fingerprint density at radius 2 is 1.82 bits per heavy atom. The third-order valence-electron chi connectivity index (χ3n) is 7.57. The summed E-state index contributed by atoms with van der Waals surface area (Å²) in [7, 11) is -2.19. The van der Waals surface area contributed by atoms with Gasteiger partial charge in [0.25, 0.3) is 15.9 Å². The average molecular weight is 633 g/mol. The maximum atomic E-state index is 14.2. The molecule has 3 amide bonds. The van der Waals surface area contributed by atoms with E-state index in [4.69, 9.17) is 9.47 Å². The predicted molar refractivity (Wildman–Crippen MR) is 170 cm³/mol. The van der Waals surface area contributed by atoms with Crippen LogP contribution < -0.4 is 14.8 Å². The van der Waals surface area contributed by atoms with Crippen LogP contribution >= 0.6 is 0 Å². The summed E-state index contributed by atoms with van der Waals surface area (Å²) in [6.07, 6.45) is 1.74. The van der Waals surface area contributed by atoms with Crippen molar-refractivity contribution in [3.8, 4) is 5.75 Å². The maximum Gasteiger partial charge on any atom is 0.317 e. The monoisotopic (exact) mass is 632 g/mol. The van der Waals surface area contributed by atoms with Crippen LogP contribution in [-0.4, -0.2) is 92.9 Å². The number of nitrogens with zero attached hydrogens (tertiary/aromatic N) is 2. The number of carbonyl (C=O) groups is 2. The van der Waals surface area contributed by atoms with Gasteiger partial charge >= 0.3 is 6.03 Å². The number of aliphatic hydroxyl groups excluding tert-OH is 1. The zero-order chi connectivity index (χ0) is 32.4. The first-order chi connectivity index (χ1) is 20.8. The molecule has 0 saturated heterocycles. The van der Waals surface area contributed by atoms with E-state index in [1.165, 1.54) is 18.2 Å². The molecule has 11 nitrogen and oxygen atoms in total. The predicted octanol–water partition coefficient (Wildman–Crippen LogP) is 4.33. The lowest BCUT2D eigenvalue weighted by atomic mass is 10.0. The molecule has 2 aromatic carbocycles. The van der Waals surface area contributed by atoms with Crippen molar-refractivity contribution in [3.05, 3.63) is 54.1 Å². The van der Waals surface area contributed by atoms with Gasteiger partial charge in [0.1, 0.15) is 5.75 Å². The summed E-state index contributed by atoms with van der Waals surface area (Å²) in [6.45, 7) is 10.2. The maximum absolute atomic E-state index is 14.2. The normalized spacial score (nSPS) is 21.0. The molecule has 0 aromatic heterocycles. The van der Waals surface area contributed by atoms with E-state index < -0.39 is 22.0 Å². The molecule has 0 bridgehead atoms. The van der Waals surface area contributed by atoms with Gasteiger partial charge in [-0.25, -0.2) is 13.2 Å². The Balaban J connectivity index is 1.98. The van der Waals surface area contributed by atoms with Crippen molar-refractivity contribution < 1.29 is 32.6 Å². The number of anilines is 1. The van der Waals surface area contributed by atoms with Crippen LogP contribution in [0.1, 0.15) is 64.2 Å². The fourth-order valence-electron chi connectivity index (χ4n) is 4.97. The van der Waals surface area contributed by atoms with E-state index in [1.54, 1.807) is 54.1 Å². The number of urea groups is 1. The lowest BCUT2D eigenvalue weighted by molar-refractivity contribution is -0.0122. The Labute approximate surface area is 262 Å². The molecule has 0 fully saturated rings. The molecule has 0 saturated carbocycles. The first-order valence-electron chi connectivity index (χ1n) is 15.3. The molecule has 244 valence electrons. The minimum Gasteiger partial charge on any atom is -0.490 e. The standard InChI is InChI=1S/C32H48N4O7S/c1-22(2)33-32(39)35(6)20-30-23(3)19-36(24(4)21-37)31(38)28-18-26(34-44(40,41)27-13-8-7-9-14-27)15-16-29(28)43-25(5)12-10-11-17-42-30/h7-9,13-16,18,22-25,30,34,37H,10-12,17,19-21H2,1-6H3,(H,33,39)/t23-,24+,25-,30-/m0/s1. The molecule has 1 heterocycles. The molecule has 2 aromatic rings. The molecule has 3 N–H and O–H groups in total. The number of nitrogens with one attached hydrogen (secondary N) is 2. The van der Waals surface area contributed by atoms with E-state index in [-0.39, 0.29) is 59.5 Å². The van der Waals surface area contributed by atoms with Gasteiger partial charge in [-0.15, -0.1) is 0 Å². The second-order valence-corrected chi connectivity index (χ2v) is 13.6. The van der Waals surface area contributed by atoms with Crippen LogP contribution in [0.4, 0.5) is 10.5 Å². The van der Waals surface area contributed by atoms with Crippen molar-refractivity contribution in [3.63, 3.8) is 0 Å². The lowest BCUT2D eigenvalue weighted by Gasteiger charge is -2.36. The largest absolute Gasteiger partial charge is 0.490 e. The van der Waals surface area contributed by atoms with E-state index in [0.29, 0.717) is 25.3 Å². The van der Waals surface area contributed by atoms with E-state index in [0.717, 1.165) is 12.8 Å². The summed E-state index contributed by atoms with van der Waals surface area (Å²) in [5.74, 6) is -0.292. The average Bonchev–Trinajstić information content (AvgIpc) is 2.98. The van der Waals surface area contributed by atoms with Crippen LogP contribution in [0.5, 0.6) is 5.75 Å². The number of likely N-dealkylation sites (N-methyl/N-ethyl adjacent to an activating group) is 1. The number of fused-ring (bicyclic) bond motifs is 1. The Morgan fingerprint density at radius 3 is 2.48 bits per heavy atom. The molecule has 0 aliphatic carbocycles. The molecule has 0 radical (unpaired) electrons. The van der Waals surface area contributed by atoms with Gasteiger partial charge in [-0.3, -0.25) is 9.52 Å². The number of carbonyl (C=O) groups excluding carboxylic acids is 2. The molecule has 12 heteroatoms. The Morgan fingerprint density at radius 1 is 1.11 bits per heavy atom. The van der Waals surface area contributed by atoms with E-state index in [1.807, 2.05) is 27.7 Å². The van der Waals surface area contributed by atoms with E-state index >= 15 is 0 Å². The van der Waals surface area contributed by atoms with Gasteiger partial charge < -0.3 is 29.7 Å². The zero-order valence-corrected chi connectivity index (χ0v) is 27.5. The number of amides is 3. The summed E-state index contributed by atoms with van der Waals surface area (Å²) in [6, 6.07) is 11.9. The summed E-state index contributed by atoms with van der Waals surface area (Å²) >= 11 is 0. The van der Waals surface area contributed by atoms with Crippen LogP contribution in [-0.2, 0) is 14.8 Å². The van der Waals surface area contributed by atoms with Gasteiger partial charge in [0.15, 0.2) is 0 Å². The van der Waals surface area contributed by atoms with Crippen LogP contribution in [0.15, 0.2) is 53.4 Å². The number of aliphatic hydroxyl groups is 1. The highest BCUT2D eigenvalue weighted by Gasteiger charge is 2.31. The molecule has 3 rings (SSSR count). The van der Waals surface area contributed by atoms with Crippen LogP contribution in [0.3, 0.4) is 0 Å². The quantitative estimate of drug-likeness (QED) is 0.394. The van der Waals surface area contributed by atoms with Crippen LogP contribution in [0.25, 0.3) is 0 Å². The van der Waals surface area contributed by atoms with Crippen LogP contribution in [0.2, 0.25) is 0 Å². The Hall–Kier alpha value is -3.35. The van der Waals surface area contributed by atoms with Crippen molar-refractivity contribution in [2.24, 2.45) is 5.92 Å². The number of benzene rings is 2. The fraction of sp³-hybridized carbons (Fsp3) is 0.562. The smallest absolute Gasteiger partial charge is 0.317 e. The van der Waals surface area contributed by atoms with E-state index in [2.05, 4.69) is 10.0 Å². The minimum atomic E-state index is -3.90. The van der Waals surface area contributed by atoms with Crippen molar-refractivity contribution in [2.45, 2.75) is 83.1 Å². The van der Waals surface area contributed by atoms with Gasteiger partial charge in [-0.1, -0.05) is 25.1 Å². The topological polar surface area (TPSA) is 138 Å². The molecule has 1 aliphatic heterocycles. The highest BCUT2D eigenvalue weighted by atomic mass is 32.2. The van der Waals surface area contributed by atoms with Gasteiger partial charge in [-0.05, 0) is 77.3 Å². The fourth-order valence-corrected chi connectivity index (χ4v) is 6.04. The molecule has 1 aliphatic rings. The molecule has 0 spiro atoms. The summed E-state index contributed by atoms with van der Waals surface area (Å²) in [5, 5.41) is 13.0. The van der Waals surface area contributed by atoms with Crippen LogP contribution in [0, 0.1) is 5.92 Å². The SMILES string of the molecule is CC(C)NC(=O)N(C)C[C@@H]1OCCCC[C@H](C)Oc2ccc(NS(=O)(=O)c3ccccc3)cc2C(=O)N([C@H](C)CO)C[C@@H]1C. The molecule has 0 unspecified atom stereocenters. The number of rotatable bonds is 8. The first-order valence-corrected chi connectivity index (χ1v) is 16.7. The molecule has 44 heavy (non-hydrogen) atoms. The molecule has 4 atom stereocenters. The van der Waals surface area contributed by atoms with Crippen molar-refractivity contribution >= 4 is 27.6 Å². The number of sulfonamides is 1. The first kappa shape index (κ1) is 35.1. The minimum absolute atomic E-state index is 0.0165. The summed E-state index contributed by atoms with van der Waals surface area (Å²) in [4.78, 5) is 30.1. The van der Waals surface area contributed by atoms with Crippen molar-refractivity contribution in [1.29, 1.82) is 0 Å². The zero-order valence-electron chi connectivity index (χ0n) is 26.7. The highest BCUT2D eigenvalue weighted by Crippen LogP contribution is 2.29. The van der Waals surface area contributed by atoms with Crippen molar-refractivity contribution in [1.82, 2.24) is 15.1 Å². The summed E-state index contributed by atoms with van der Waals surface area (Å²) < 4.78 is 41.2. The van der Waals surface area contributed by atoms with Crippen molar-refractivity contribution in [2.75, 3.05) is 38.1 Å². The Bertz CT molecular complexity index is 1340. The number of hydrogen-bond acceptors (Lipinski definition) is 7. The second-order valence-electron chi connectivity index (χ2n) is 11.9. The highest BCUT2D eigenvalue weighted by molar-refractivity contribution is 7.92. The van der Waals surface area contributed by atoms with Gasteiger partial charge in [0.05, 0.1) is 35.3 Å². The van der Waals surface area contributed by atoms with Gasteiger partial charge in [-0.2, -0.15) is 0 Å². The summed E-state index contributed by atoms with van der Waals surface area (Å²) in [5.41, 5.74) is 0.391. The third-order valence-corrected chi connectivity index (χ3v) is 8.97. The van der Waals surface area contributed by atoms with Gasteiger partial charge in [0, 0.05) is 44.4 Å². The molecular weight excluding hydrogens is 584 g/mol. The number of ether oxygens (including phenoxy) is 2. The lowest BCUT2D eigenvalue weighted by Crippen LogP contribution is -2.49. The number of hydrogen-bond donors (Lipinski definition) is 3. The van der Waals surface area contributed by atoms with E-state index in [9.17, 15) is 23.1 Å². The Kier molecular flexibility index (Phi) is 12.9.